The molecule has 3 atom stereocenters. The minimum Gasteiger partial charge on any atom is -0.383 e. The third-order valence-corrected chi connectivity index (χ3v) is 15.6. The number of carbonyl (C=O) groups is 3. The molecule has 3 aliphatic rings. The SMILES string of the molecule is COCCN1c2ccc(S(=O)(=O)O)cc2C(C)(CCCS(=O)(=O)O)C1(C)/C=C/C=C1/N(CCOCCC(=O)ON2C(=O)CCC2=O)c2ccc(S(=O)(=O)O)cc2C1(C)CCCS(=O)(=O)O. The Balaban J connectivity index is 1.59. The number of methoxy groups -OCH3 is 1. The molecule has 0 bridgehead atoms. The fourth-order valence-electron chi connectivity index (χ4n) is 8.83. The van der Waals surface area contributed by atoms with Crippen molar-refractivity contribution in [2.75, 3.05) is 61.3 Å². The molecule has 0 spiro atoms. The maximum atomic E-state index is 12.4. The van der Waals surface area contributed by atoms with Gasteiger partial charge in [0.05, 0.1) is 53.1 Å². The normalized spacial score (nSPS) is 23.3. The molecule has 2 amide bonds. The number of allylic oxidation sites excluding steroid dienone is 3. The number of rotatable bonds is 22. The molecule has 1 saturated heterocycles. The smallest absolute Gasteiger partial charge is 0.335 e. The summed E-state index contributed by atoms with van der Waals surface area (Å²) in [6, 6.07) is 7.96. The van der Waals surface area contributed by atoms with E-state index in [4.69, 9.17) is 14.3 Å². The Hall–Kier alpha value is -4.31. The third-order valence-electron chi connectivity index (χ3n) is 12.3. The van der Waals surface area contributed by atoms with Crippen molar-refractivity contribution in [3.63, 3.8) is 0 Å². The number of hydroxylamine groups is 2. The van der Waals surface area contributed by atoms with E-state index in [2.05, 4.69) is 0 Å². The second-order valence-electron chi connectivity index (χ2n) is 16.5. The predicted molar refractivity (Wildman–Crippen MR) is 233 cm³/mol. The Labute approximate surface area is 378 Å². The summed E-state index contributed by atoms with van der Waals surface area (Å²) in [6.45, 7) is 5.52. The molecular formula is C40H53N3O18S4. The maximum absolute atomic E-state index is 12.4. The van der Waals surface area contributed by atoms with E-state index in [1.165, 1.54) is 43.5 Å². The molecule has 3 aliphatic heterocycles. The van der Waals surface area contributed by atoms with Crippen LogP contribution in [0.1, 0.15) is 76.8 Å². The van der Waals surface area contributed by atoms with Crippen LogP contribution in [-0.2, 0) is 80.0 Å². The fourth-order valence-corrected chi connectivity index (χ4v) is 10.9. The summed E-state index contributed by atoms with van der Waals surface area (Å²) in [6.07, 6.45) is 4.56. The van der Waals surface area contributed by atoms with Crippen molar-refractivity contribution < 1.29 is 80.6 Å². The van der Waals surface area contributed by atoms with Crippen molar-refractivity contribution in [3.8, 4) is 0 Å². The van der Waals surface area contributed by atoms with E-state index < -0.39 is 95.9 Å². The number of anilines is 2. The summed E-state index contributed by atoms with van der Waals surface area (Å²) in [7, 11) is -16.8. The summed E-state index contributed by atoms with van der Waals surface area (Å²) < 4.78 is 148. The van der Waals surface area contributed by atoms with Gasteiger partial charge in [-0.25, -0.2) is 4.79 Å². The first-order valence-corrected chi connectivity index (χ1v) is 26.4. The van der Waals surface area contributed by atoms with E-state index in [0.717, 1.165) is 0 Å². The van der Waals surface area contributed by atoms with Crippen molar-refractivity contribution in [2.45, 2.75) is 91.9 Å². The number of carbonyl (C=O) groups excluding carboxylic acids is 3. The second kappa shape index (κ2) is 19.5. The summed E-state index contributed by atoms with van der Waals surface area (Å²) in [5.41, 5.74) is -1.23. The molecule has 5 rings (SSSR count). The first-order chi connectivity index (χ1) is 30.1. The van der Waals surface area contributed by atoms with Crippen LogP contribution in [0.5, 0.6) is 0 Å². The van der Waals surface area contributed by atoms with Crippen LogP contribution in [0.25, 0.3) is 0 Å². The van der Waals surface area contributed by atoms with Crippen LogP contribution in [-0.4, -0.2) is 132 Å². The van der Waals surface area contributed by atoms with Gasteiger partial charge in [-0.2, -0.15) is 33.7 Å². The molecule has 2 aromatic carbocycles. The fraction of sp³-hybridized carbons (Fsp3) is 0.525. The number of hydrogen-bond acceptors (Lipinski definition) is 16. The highest BCUT2D eigenvalue weighted by molar-refractivity contribution is 7.86. The number of nitrogens with zero attached hydrogens (tertiary/aromatic N) is 3. The number of fused-ring (bicyclic) bond motifs is 2. The Morgan fingerprint density at radius 3 is 1.85 bits per heavy atom. The Bertz CT molecular complexity index is 2690. The van der Waals surface area contributed by atoms with E-state index in [-0.39, 0.29) is 77.9 Å². The minimum absolute atomic E-state index is 0.0139. The molecule has 4 N–H and O–H groups in total. The highest BCUT2D eigenvalue weighted by Crippen LogP contribution is 2.56. The molecule has 3 heterocycles. The van der Waals surface area contributed by atoms with Crippen molar-refractivity contribution in [1.82, 2.24) is 5.06 Å². The van der Waals surface area contributed by atoms with Gasteiger partial charge >= 0.3 is 5.97 Å². The summed E-state index contributed by atoms with van der Waals surface area (Å²) in [5, 5.41) is 0.415. The van der Waals surface area contributed by atoms with Gasteiger partial charge in [0.25, 0.3) is 52.3 Å². The van der Waals surface area contributed by atoms with Crippen molar-refractivity contribution >= 4 is 69.6 Å². The number of hydrogen-bond donors (Lipinski definition) is 4. The molecule has 360 valence electrons. The molecule has 0 saturated carbocycles. The van der Waals surface area contributed by atoms with Gasteiger partial charge in [-0.3, -0.25) is 27.8 Å². The van der Waals surface area contributed by atoms with Crippen molar-refractivity contribution in [3.05, 3.63) is 71.5 Å². The lowest BCUT2D eigenvalue weighted by atomic mass is 9.66. The van der Waals surface area contributed by atoms with Crippen LogP contribution in [0.15, 0.2) is 70.1 Å². The second-order valence-corrected chi connectivity index (χ2v) is 22.5. The van der Waals surface area contributed by atoms with Crippen LogP contribution in [0.3, 0.4) is 0 Å². The monoisotopic (exact) mass is 991 g/mol. The van der Waals surface area contributed by atoms with Gasteiger partial charge in [0, 0.05) is 60.9 Å². The third kappa shape index (κ3) is 11.6. The van der Waals surface area contributed by atoms with Gasteiger partial charge in [0.15, 0.2) is 0 Å². The average Bonchev–Trinajstić information content (AvgIpc) is 3.69. The molecule has 1 fully saturated rings. The summed E-state index contributed by atoms with van der Waals surface area (Å²) >= 11 is 0. The lowest BCUT2D eigenvalue weighted by molar-refractivity contribution is -0.198. The number of amides is 2. The molecule has 65 heavy (non-hydrogen) atoms. The van der Waals surface area contributed by atoms with E-state index in [1.54, 1.807) is 37.0 Å². The lowest BCUT2D eigenvalue weighted by Crippen LogP contribution is -2.54. The Morgan fingerprint density at radius 1 is 0.738 bits per heavy atom. The number of ether oxygens (including phenoxy) is 2. The van der Waals surface area contributed by atoms with Gasteiger partial charge in [-0.1, -0.05) is 19.1 Å². The standard InChI is InChI=1S/C40H53N3O18S4/c1-38(16-6-24-62(47,48)49)30-26-28(64(53,54)55)9-11-32(30)41(19-23-60-21-15-37(46)61-43-35(44)13-14-36(43)45)34(38)8-5-18-40(3)39(2,17-7-25-63(50,51)52)31-27-29(65(56,57)58)10-12-33(31)42(40)20-22-59-4/h5,8-12,18,26-27H,6-7,13-17,19-25H2,1-4H3,(H,47,48,49)(H,50,51,52)(H,53,54,55)(H,56,57,58)/b18-5+,34-8+. The van der Waals surface area contributed by atoms with Crippen LogP contribution >= 0.6 is 0 Å². The molecule has 0 aliphatic carbocycles. The van der Waals surface area contributed by atoms with Gasteiger partial charge in [0.1, 0.15) is 0 Å². The topological polar surface area (TPSA) is 306 Å². The van der Waals surface area contributed by atoms with Gasteiger partial charge in [-0.15, -0.1) is 5.06 Å². The quantitative estimate of drug-likeness (QED) is 0.0748. The van der Waals surface area contributed by atoms with Crippen molar-refractivity contribution in [2.24, 2.45) is 0 Å². The molecule has 25 heteroatoms. The van der Waals surface area contributed by atoms with E-state index in [1.807, 2.05) is 11.8 Å². The van der Waals surface area contributed by atoms with Gasteiger partial charge < -0.3 is 24.1 Å². The molecular weight excluding hydrogens is 939 g/mol. The average molecular weight is 992 g/mol. The first kappa shape index (κ1) is 51.7. The van der Waals surface area contributed by atoms with Gasteiger partial charge in [0.2, 0.25) is 0 Å². The van der Waals surface area contributed by atoms with Crippen molar-refractivity contribution in [1.29, 1.82) is 0 Å². The molecule has 21 nitrogen and oxygen atoms in total. The largest absolute Gasteiger partial charge is 0.383 e. The van der Waals surface area contributed by atoms with E-state index in [0.29, 0.717) is 33.3 Å². The summed E-state index contributed by atoms with van der Waals surface area (Å²) in [4.78, 5) is 43.9. The molecule has 3 unspecified atom stereocenters. The zero-order valence-electron chi connectivity index (χ0n) is 36.1. The summed E-state index contributed by atoms with van der Waals surface area (Å²) in [5.74, 6) is -3.45. The maximum Gasteiger partial charge on any atom is 0.335 e. The van der Waals surface area contributed by atoms with Crippen LogP contribution in [0, 0.1) is 0 Å². The number of imide groups is 1. The highest BCUT2D eigenvalue weighted by atomic mass is 32.2. The highest BCUT2D eigenvalue weighted by Gasteiger charge is 2.55. The van der Waals surface area contributed by atoms with Crippen LogP contribution < -0.4 is 9.80 Å². The van der Waals surface area contributed by atoms with E-state index in [9.17, 15) is 66.3 Å². The van der Waals surface area contributed by atoms with Crippen LogP contribution in [0.2, 0.25) is 0 Å². The first-order valence-electron chi connectivity index (χ1n) is 20.3. The van der Waals surface area contributed by atoms with Crippen LogP contribution in [0.4, 0.5) is 11.4 Å². The predicted octanol–water partition coefficient (Wildman–Crippen LogP) is 3.23. The van der Waals surface area contributed by atoms with Gasteiger partial charge in [-0.05, 0) is 93.1 Å². The minimum atomic E-state index is -4.74. The zero-order chi connectivity index (χ0) is 48.4. The van der Waals surface area contributed by atoms with E-state index >= 15 is 0 Å². The Morgan fingerprint density at radius 2 is 1.29 bits per heavy atom. The number of benzene rings is 2. The molecule has 0 radical (unpaired) electrons. The molecule has 2 aromatic rings. The zero-order valence-corrected chi connectivity index (χ0v) is 39.3. The molecule has 0 aromatic heterocycles. The Kier molecular flexibility index (Phi) is 15.5. The lowest BCUT2D eigenvalue weighted by Gasteiger charge is -2.45.